The normalized spacial score (nSPS) is 12.5. The van der Waals surface area contributed by atoms with Crippen LogP contribution in [0.15, 0.2) is 60.4 Å². The largest absolute Gasteiger partial charge is 0.497 e. The van der Waals surface area contributed by atoms with Gasteiger partial charge in [0.25, 0.3) is 0 Å². The van der Waals surface area contributed by atoms with E-state index in [9.17, 15) is 4.79 Å². The van der Waals surface area contributed by atoms with Crippen molar-refractivity contribution in [3.05, 3.63) is 71.7 Å². The standard InChI is InChI=1S/C20H23NO3/c1-5-17(24-4)10-9-14(2)13-21-15(3)11-18-16(12-20(22)23)7-6-8-19(18)21/h5-11H,1,12-13H2,2-4H3,(H,22,23)/b14-9+,17-10+. The molecule has 4 nitrogen and oxygen atoms in total. The lowest BCUT2D eigenvalue weighted by molar-refractivity contribution is -0.136. The molecule has 0 saturated heterocycles. The molecule has 0 aliphatic heterocycles. The minimum Gasteiger partial charge on any atom is -0.497 e. The van der Waals surface area contributed by atoms with E-state index in [-0.39, 0.29) is 6.42 Å². The quantitative estimate of drug-likeness (QED) is 0.612. The molecule has 0 bridgehead atoms. The second-order valence-electron chi connectivity index (χ2n) is 5.78. The SMILES string of the molecule is C=C/C(=C\C=C(/C)Cn1c(C)cc2c(CC(=O)O)cccc21)OC. The molecule has 0 atom stereocenters. The van der Waals surface area contributed by atoms with Crippen molar-refractivity contribution in [3.63, 3.8) is 0 Å². The number of carboxylic acid groups (broad SMARTS) is 1. The molecule has 1 aromatic carbocycles. The lowest BCUT2D eigenvalue weighted by Gasteiger charge is -2.09. The van der Waals surface area contributed by atoms with Gasteiger partial charge >= 0.3 is 5.97 Å². The van der Waals surface area contributed by atoms with Gasteiger partial charge in [0.1, 0.15) is 5.76 Å². The monoisotopic (exact) mass is 325 g/mol. The van der Waals surface area contributed by atoms with Crippen molar-refractivity contribution in [2.24, 2.45) is 0 Å². The summed E-state index contributed by atoms with van der Waals surface area (Å²) in [5.41, 5.74) is 4.17. The van der Waals surface area contributed by atoms with Gasteiger partial charge in [0.2, 0.25) is 0 Å². The predicted octanol–water partition coefficient (Wildman–Crippen LogP) is 4.24. The molecule has 0 aliphatic carbocycles. The Morgan fingerprint density at radius 1 is 1.38 bits per heavy atom. The first-order chi connectivity index (χ1) is 11.5. The van der Waals surface area contributed by atoms with E-state index in [0.717, 1.165) is 34.3 Å². The molecule has 0 radical (unpaired) electrons. The highest BCUT2D eigenvalue weighted by atomic mass is 16.5. The first kappa shape index (κ1) is 17.6. The zero-order valence-corrected chi connectivity index (χ0v) is 14.4. The average Bonchev–Trinajstić information content (AvgIpc) is 2.85. The Bertz CT molecular complexity index is 825. The number of carboxylic acids is 1. The number of rotatable bonds is 7. The second kappa shape index (κ2) is 7.68. The van der Waals surface area contributed by atoms with Gasteiger partial charge < -0.3 is 14.4 Å². The zero-order chi connectivity index (χ0) is 17.7. The molecule has 1 heterocycles. The third kappa shape index (κ3) is 3.96. The van der Waals surface area contributed by atoms with Crippen molar-refractivity contribution in [3.8, 4) is 0 Å². The Morgan fingerprint density at radius 3 is 2.75 bits per heavy atom. The maximum Gasteiger partial charge on any atom is 0.307 e. The molecule has 0 spiro atoms. The van der Waals surface area contributed by atoms with Gasteiger partial charge in [-0.1, -0.05) is 30.4 Å². The first-order valence-electron chi connectivity index (χ1n) is 7.79. The van der Waals surface area contributed by atoms with Crippen molar-refractivity contribution >= 4 is 16.9 Å². The van der Waals surface area contributed by atoms with E-state index in [1.807, 2.05) is 37.3 Å². The van der Waals surface area contributed by atoms with E-state index in [4.69, 9.17) is 9.84 Å². The van der Waals surface area contributed by atoms with Crippen LogP contribution in [-0.2, 0) is 22.5 Å². The third-order valence-corrected chi connectivity index (χ3v) is 3.96. The van der Waals surface area contributed by atoms with Crippen molar-refractivity contribution in [1.82, 2.24) is 4.57 Å². The Morgan fingerprint density at radius 2 is 2.12 bits per heavy atom. The Labute approximate surface area is 142 Å². The topological polar surface area (TPSA) is 51.5 Å². The smallest absolute Gasteiger partial charge is 0.307 e. The van der Waals surface area contributed by atoms with Crippen molar-refractivity contribution in [2.45, 2.75) is 26.8 Å². The lowest BCUT2D eigenvalue weighted by Crippen LogP contribution is -2.02. The van der Waals surface area contributed by atoms with Crippen molar-refractivity contribution in [2.75, 3.05) is 7.11 Å². The van der Waals surface area contributed by atoms with Crippen LogP contribution in [0, 0.1) is 6.92 Å². The number of aryl methyl sites for hydroxylation is 1. The fourth-order valence-corrected chi connectivity index (χ4v) is 2.75. The highest BCUT2D eigenvalue weighted by molar-refractivity contribution is 5.88. The minimum absolute atomic E-state index is 0.0366. The summed E-state index contributed by atoms with van der Waals surface area (Å²) >= 11 is 0. The highest BCUT2D eigenvalue weighted by Gasteiger charge is 2.11. The number of methoxy groups -OCH3 is 1. The maximum atomic E-state index is 11.0. The van der Waals surface area contributed by atoms with Crippen LogP contribution in [-0.4, -0.2) is 22.8 Å². The molecule has 1 N–H and O–H groups in total. The number of aromatic nitrogens is 1. The number of ether oxygens (including phenoxy) is 1. The molecule has 0 amide bonds. The number of allylic oxidation sites excluding steroid dienone is 4. The van der Waals surface area contributed by atoms with Gasteiger partial charge in [0, 0.05) is 23.1 Å². The predicted molar refractivity (Wildman–Crippen MR) is 97.1 cm³/mol. The van der Waals surface area contributed by atoms with Gasteiger partial charge in [-0.3, -0.25) is 4.79 Å². The van der Waals surface area contributed by atoms with Gasteiger partial charge in [0.05, 0.1) is 13.5 Å². The first-order valence-corrected chi connectivity index (χ1v) is 7.79. The Kier molecular flexibility index (Phi) is 5.64. The summed E-state index contributed by atoms with van der Waals surface area (Å²) in [4.78, 5) is 11.0. The summed E-state index contributed by atoms with van der Waals surface area (Å²) in [7, 11) is 1.62. The number of hydrogen-bond donors (Lipinski definition) is 1. The molecule has 2 rings (SSSR count). The molecule has 24 heavy (non-hydrogen) atoms. The van der Waals surface area contributed by atoms with Crippen LogP contribution in [0.5, 0.6) is 0 Å². The van der Waals surface area contributed by atoms with Crippen LogP contribution in [0.3, 0.4) is 0 Å². The van der Waals surface area contributed by atoms with Crippen LogP contribution in [0.2, 0.25) is 0 Å². The molecule has 0 saturated carbocycles. The highest BCUT2D eigenvalue weighted by Crippen LogP contribution is 2.24. The number of aliphatic carboxylic acids is 1. The van der Waals surface area contributed by atoms with Gasteiger partial charge in [-0.05, 0) is 43.7 Å². The van der Waals surface area contributed by atoms with E-state index in [1.54, 1.807) is 13.2 Å². The van der Waals surface area contributed by atoms with Crippen molar-refractivity contribution in [1.29, 1.82) is 0 Å². The summed E-state index contributed by atoms with van der Waals surface area (Å²) in [6.07, 6.45) is 5.60. The molecule has 0 unspecified atom stereocenters. The summed E-state index contributed by atoms with van der Waals surface area (Å²) in [5, 5.41) is 10.1. The molecule has 4 heteroatoms. The molecule has 0 aliphatic rings. The van der Waals surface area contributed by atoms with E-state index < -0.39 is 5.97 Å². The van der Waals surface area contributed by atoms with Crippen LogP contribution in [0.4, 0.5) is 0 Å². The van der Waals surface area contributed by atoms with Gasteiger partial charge in [-0.25, -0.2) is 0 Å². The molecular formula is C20H23NO3. The molecule has 0 fully saturated rings. The summed E-state index contributed by atoms with van der Waals surface area (Å²) in [6.45, 7) is 8.53. The number of fused-ring (bicyclic) bond motifs is 1. The fraction of sp³-hybridized carbons (Fsp3) is 0.250. The van der Waals surface area contributed by atoms with Gasteiger partial charge in [-0.2, -0.15) is 0 Å². The van der Waals surface area contributed by atoms with E-state index in [2.05, 4.69) is 24.1 Å². The van der Waals surface area contributed by atoms with Gasteiger partial charge in [0.15, 0.2) is 0 Å². The summed E-state index contributed by atoms with van der Waals surface area (Å²) < 4.78 is 7.36. The van der Waals surface area contributed by atoms with Crippen LogP contribution < -0.4 is 0 Å². The number of benzene rings is 1. The second-order valence-corrected chi connectivity index (χ2v) is 5.78. The molecule has 2 aromatic rings. The van der Waals surface area contributed by atoms with Gasteiger partial charge in [-0.15, -0.1) is 0 Å². The van der Waals surface area contributed by atoms with E-state index in [1.165, 1.54) is 0 Å². The van der Waals surface area contributed by atoms with Crippen LogP contribution in [0.1, 0.15) is 18.2 Å². The van der Waals surface area contributed by atoms with E-state index in [0.29, 0.717) is 5.76 Å². The maximum absolute atomic E-state index is 11.0. The van der Waals surface area contributed by atoms with Crippen LogP contribution in [0.25, 0.3) is 10.9 Å². The summed E-state index contributed by atoms with van der Waals surface area (Å²) in [6, 6.07) is 7.87. The zero-order valence-electron chi connectivity index (χ0n) is 14.4. The molecule has 126 valence electrons. The Balaban J connectivity index is 2.37. The Hall–Kier alpha value is -2.75. The van der Waals surface area contributed by atoms with Crippen LogP contribution >= 0.6 is 0 Å². The number of hydrogen-bond acceptors (Lipinski definition) is 2. The fourth-order valence-electron chi connectivity index (χ4n) is 2.75. The van der Waals surface area contributed by atoms with E-state index >= 15 is 0 Å². The molecule has 1 aromatic heterocycles. The van der Waals surface area contributed by atoms with Crippen molar-refractivity contribution < 1.29 is 14.6 Å². The summed E-state index contributed by atoms with van der Waals surface area (Å²) in [5.74, 6) is -0.0992. The molecular weight excluding hydrogens is 302 g/mol. The average molecular weight is 325 g/mol. The number of carbonyl (C=O) groups is 1. The minimum atomic E-state index is -0.814. The number of nitrogens with zero attached hydrogens (tertiary/aromatic N) is 1. The lowest BCUT2D eigenvalue weighted by atomic mass is 10.1. The third-order valence-electron chi connectivity index (χ3n) is 3.96.